The summed E-state index contributed by atoms with van der Waals surface area (Å²) in [6.45, 7) is 1.21. The number of aromatic nitrogens is 2. The van der Waals surface area contributed by atoms with Crippen molar-refractivity contribution in [1.29, 1.82) is 0 Å². The number of nitrogens with one attached hydrogen (secondary N) is 1. The first-order valence-corrected chi connectivity index (χ1v) is 8.96. The number of pyridine rings is 2. The van der Waals surface area contributed by atoms with E-state index in [1.165, 1.54) is 19.1 Å². The van der Waals surface area contributed by atoms with E-state index in [2.05, 4.69) is 4.98 Å². The summed E-state index contributed by atoms with van der Waals surface area (Å²) in [6, 6.07) is 3.14. The lowest BCUT2D eigenvalue weighted by Crippen LogP contribution is -2.46. The summed E-state index contributed by atoms with van der Waals surface area (Å²) in [5.74, 6) is -3.43. The minimum atomic E-state index is -4.74. The van der Waals surface area contributed by atoms with Crippen molar-refractivity contribution in [3.05, 3.63) is 69.1 Å². The molecule has 0 fully saturated rings. The molecule has 11 heteroatoms. The standard InChI is InChI=1S/C19H13ClF5N3O2/c1-2-13(19(23,24)25)26-18(30)10-8-28(15-11(21)4-3-5-12(15)22)17-9(16(10)29)6-7-14(20)27-17/h3-8,13H,2H2,1H3,(H,26,30)/t13-/m1/s1. The molecule has 0 aliphatic rings. The van der Waals surface area contributed by atoms with Crippen LogP contribution in [0.15, 0.2) is 41.3 Å². The molecule has 158 valence electrons. The molecule has 1 amide bonds. The van der Waals surface area contributed by atoms with Crippen LogP contribution in [-0.2, 0) is 0 Å². The van der Waals surface area contributed by atoms with Gasteiger partial charge >= 0.3 is 6.18 Å². The van der Waals surface area contributed by atoms with Crippen LogP contribution in [0.3, 0.4) is 0 Å². The Morgan fingerprint density at radius 3 is 2.40 bits per heavy atom. The van der Waals surface area contributed by atoms with Gasteiger partial charge in [0.2, 0.25) is 5.43 Å². The van der Waals surface area contributed by atoms with Crippen molar-refractivity contribution in [2.45, 2.75) is 25.6 Å². The van der Waals surface area contributed by atoms with Gasteiger partial charge in [0.1, 0.15) is 39.7 Å². The van der Waals surface area contributed by atoms with Crippen LogP contribution in [0, 0.1) is 11.6 Å². The van der Waals surface area contributed by atoms with Crippen molar-refractivity contribution < 1.29 is 26.7 Å². The third kappa shape index (κ3) is 4.00. The topological polar surface area (TPSA) is 64.0 Å². The minimum absolute atomic E-state index is 0.104. The first-order valence-electron chi connectivity index (χ1n) is 8.58. The van der Waals surface area contributed by atoms with Gasteiger partial charge in [0.25, 0.3) is 5.91 Å². The minimum Gasteiger partial charge on any atom is -0.340 e. The van der Waals surface area contributed by atoms with E-state index >= 15 is 0 Å². The second kappa shape index (κ2) is 8.02. The van der Waals surface area contributed by atoms with Crippen LogP contribution in [0.4, 0.5) is 22.0 Å². The monoisotopic (exact) mass is 445 g/mol. The van der Waals surface area contributed by atoms with Crippen molar-refractivity contribution in [1.82, 2.24) is 14.9 Å². The van der Waals surface area contributed by atoms with Gasteiger partial charge < -0.3 is 5.32 Å². The molecular formula is C19H13ClF5N3O2. The molecular weight excluding hydrogens is 433 g/mol. The van der Waals surface area contributed by atoms with Gasteiger partial charge in [-0.3, -0.25) is 14.2 Å². The highest BCUT2D eigenvalue weighted by Crippen LogP contribution is 2.25. The molecule has 0 aliphatic heterocycles. The van der Waals surface area contributed by atoms with Crippen molar-refractivity contribution >= 4 is 28.5 Å². The number of alkyl halides is 3. The maximum absolute atomic E-state index is 14.4. The summed E-state index contributed by atoms with van der Waals surface area (Å²) in [5.41, 5.74) is -2.64. The molecule has 0 saturated heterocycles. The van der Waals surface area contributed by atoms with E-state index in [0.29, 0.717) is 0 Å². The molecule has 1 N–H and O–H groups in total. The summed E-state index contributed by atoms with van der Waals surface area (Å²) in [4.78, 5) is 29.1. The molecule has 3 aromatic rings. The molecule has 0 aliphatic carbocycles. The van der Waals surface area contributed by atoms with Crippen LogP contribution >= 0.6 is 11.6 Å². The van der Waals surface area contributed by atoms with E-state index < -0.39 is 52.9 Å². The average molecular weight is 446 g/mol. The molecule has 2 aromatic heterocycles. The van der Waals surface area contributed by atoms with Crippen LogP contribution in [-0.4, -0.2) is 27.7 Å². The predicted molar refractivity (Wildman–Crippen MR) is 99.9 cm³/mol. The fourth-order valence-electron chi connectivity index (χ4n) is 2.88. The Bertz CT molecular complexity index is 1170. The van der Waals surface area contributed by atoms with E-state index in [0.717, 1.165) is 29.0 Å². The summed E-state index contributed by atoms with van der Waals surface area (Å²) >= 11 is 5.83. The fourth-order valence-corrected chi connectivity index (χ4v) is 3.03. The zero-order valence-electron chi connectivity index (χ0n) is 15.2. The zero-order valence-corrected chi connectivity index (χ0v) is 16.0. The number of fused-ring (bicyclic) bond motifs is 1. The normalized spacial score (nSPS) is 12.8. The van der Waals surface area contributed by atoms with E-state index in [1.807, 2.05) is 0 Å². The fraction of sp³-hybridized carbons (Fsp3) is 0.211. The lowest BCUT2D eigenvalue weighted by Gasteiger charge is -2.20. The highest BCUT2D eigenvalue weighted by atomic mass is 35.5. The predicted octanol–water partition coefficient (Wildman–Crippen LogP) is 4.39. The molecule has 0 spiro atoms. The molecule has 0 radical (unpaired) electrons. The number of halogens is 6. The number of carbonyl (C=O) groups is 1. The Hall–Kier alpha value is -3.01. The SMILES string of the molecule is CC[C@@H](NC(=O)c1cn(-c2c(F)cccc2F)c2nc(Cl)ccc2c1=O)C(F)(F)F. The van der Waals surface area contributed by atoms with Crippen molar-refractivity contribution in [2.24, 2.45) is 0 Å². The van der Waals surface area contributed by atoms with Crippen LogP contribution in [0.5, 0.6) is 0 Å². The Labute approximate surface area is 171 Å². The molecule has 0 unspecified atom stereocenters. The lowest BCUT2D eigenvalue weighted by atomic mass is 10.1. The Balaban J connectivity index is 2.28. The van der Waals surface area contributed by atoms with Crippen molar-refractivity contribution in [2.75, 3.05) is 0 Å². The van der Waals surface area contributed by atoms with Gasteiger partial charge in [-0.1, -0.05) is 24.6 Å². The molecule has 0 saturated carbocycles. The van der Waals surface area contributed by atoms with Gasteiger partial charge in [0, 0.05) is 6.20 Å². The maximum atomic E-state index is 14.4. The molecule has 1 atom stereocenters. The highest BCUT2D eigenvalue weighted by Gasteiger charge is 2.39. The number of nitrogens with zero attached hydrogens (tertiary/aromatic N) is 2. The number of carbonyl (C=O) groups excluding carboxylic acids is 1. The summed E-state index contributed by atoms with van der Waals surface area (Å²) in [5, 5.41) is 1.38. The van der Waals surface area contributed by atoms with Gasteiger partial charge in [-0.05, 0) is 30.7 Å². The molecule has 30 heavy (non-hydrogen) atoms. The van der Waals surface area contributed by atoms with Gasteiger partial charge in [0.05, 0.1) is 5.39 Å². The number of benzene rings is 1. The molecule has 3 rings (SSSR count). The first kappa shape index (κ1) is 21.7. The van der Waals surface area contributed by atoms with Crippen LogP contribution in [0.2, 0.25) is 5.15 Å². The Kier molecular flexibility index (Phi) is 5.80. The Morgan fingerprint density at radius 1 is 1.20 bits per heavy atom. The van der Waals surface area contributed by atoms with Crippen molar-refractivity contribution in [3.8, 4) is 5.69 Å². The van der Waals surface area contributed by atoms with E-state index in [-0.39, 0.29) is 16.2 Å². The zero-order chi connectivity index (χ0) is 22.2. The second-order valence-electron chi connectivity index (χ2n) is 6.29. The maximum Gasteiger partial charge on any atom is 0.408 e. The number of amides is 1. The largest absolute Gasteiger partial charge is 0.408 e. The van der Waals surface area contributed by atoms with Gasteiger partial charge in [-0.25, -0.2) is 13.8 Å². The van der Waals surface area contributed by atoms with E-state index in [9.17, 15) is 31.5 Å². The molecule has 0 bridgehead atoms. The number of para-hydroxylation sites is 1. The highest BCUT2D eigenvalue weighted by molar-refractivity contribution is 6.29. The van der Waals surface area contributed by atoms with Crippen molar-refractivity contribution in [3.63, 3.8) is 0 Å². The summed E-state index contributed by atoms with van der Waals surface area (Å²) < 4.78 is 68.6. The average Bonchev–Trinajstić information content (AvgIpc) is 2.66. The number of rotatable bonds is 4. The second-order valence-corrected chi connectivity index (χ2v) is 6.68. The number of hydrogen-bond donors (Lipinski definition) is 1. The molecule has 1 aromatic carbocycles. The van der Waals surface area contributed by atoms with E-state index in [4.69, 9.17) is 11.6 Å². The lowest BCUT2D eigenvalue weighted by molar-refractivity contribution is -0.153. The van der Waals surface area contributed by atoms with Crippen LogP contribution < -0.4 is 10.7 Å². The van der Waals surface area contributed by atoms with Crippen LogP contribution in [0.25, 0.3) is 16.7 Å². The third-order valence-electron chi connectivity index (χ3n) is 4.35. The summed E-state index contributed by atoms with van der Waals surface area (Å²) in [7, 11) is 0. The summed E-state index contributed by atoms with van der Waals surface area (Å²) in [6.07, 6.45) is -4.48. The van der Waals surface area contributed by atoms with Gasteiger partial charge in [-0.2, -0.15) is 13.2 Å². The molecule has 2 heterocycles. The first-order chi connectivity index (χ1) is 14.0. The van der Waals surface area contributed by atoms with Gasteiger partial charge in [0.15, 0.2) is 0 Å². The van der Waals surface area contributed by atoms with Crippen LogP contribution in [0.1, 0.15) is 23.7 Å². The van der Waals surface area contributed by atoms with Gasteiger partial charge in [-0.15, -0.1) is 0 Å². The third-order valence-corrected chi connectivity index (χ3v) is 4.56. The smallest absolute Gasteiger partial charge is 0.340 e. The van der Waals surface area contributed by atoms with E-state index in [1.54, 1.807) is 5.32 Å². The Morgan fingerprint density at radius 2 is 1.83 bits per heavy atom. The number of hydrogen-bond acceptors (Lipinski definition) is 3. The quantitative estimate of drug-likeness (QED) is 0.478. The molecule has 5 nitrogen and oxygen atoms in total.